The summed E-state index contributed by atoms with van der Waals surface area (Å²) in [4.78, 5) is 14.9. The predicted molar refractivity (Wildman–Crippen MR) is 202 cm³/mol. The van der Waals surface area contributed by atoms with Crippen molar-refractivity contribution in [2.24, 2.45) is 0 Å². The lowest BCUT2D eigenvalue weighted by molar-refractivity contribution is 0.661. The topological polar surface area (TPSA) is 38.7 Å². The molecule has 3 nitrogen and oxygen atoms in total. The summed E-state index contributed by atoms with van der Waals surface area (Å²) in [6.07, 6.45) is 0. The highest BCUT2D eigenvalue weighted by atomic mass is 15.0. The molecule has 0 saturated carbocycles. The van der Waals surface area contributed by atoms with Gasteiger partial charge in [-0.15, -0.1) is 0 Å². The fourth-order valence-corrected chi connectivity index (χ4v) is 7.38. The Morgan fingerprint density at radius 1 is 0.347 bits per heavy atom. The van der Waals surface area contributed by atoms with Gasteiger partial charge in [0.2, 0.25) is 0 Å². The molecule has 1 heterocycles. The molecule has 0 saturated heterocycles. The molecule has 3 heteroatoms. The van der Waals surface area contributed by atoms with E-state index >= 15 is 0 Å². The molecule has 1 aliphatic carbocycles. The van der Waals surface area contributed by atoms with Crippen LogP contribution in [0.5, 0.6) is 0 Å². The summed E-state index contributed by atoms with van der Waals surface area (Å²) < 4.78 is 0. The largest absolute Gasteiger partial charge is 0.208 e. The molecule has 7 aromatic carbocycles. The minimum absolute atomic E-state index is 0.0843. The molecular formula is C46H33N3. The number of aromatic nitrogens is 3. The van der Waals surface area contributed by atoms with E-state index in [1.54, 1.807) is 0 Å². The summed E-state index contributed by atoms with van der Waals surface area (Å²) in [6.45, 7) is 4.69. The first kappa shape index (κ1) is 29.0. The third-order valence-corrected chi connectivity index (χ3v) is 9.96. The SMILES string of the molecule is CC1(C)c2ccccc2-c2c1cc(-c1ccc(-c3nc(-c4ccccc4)nc(-c4ccc(-c5ccccc5)cc4)n3)cc1)c1ccccc21. The number of fused-ring (bicyclic) bond motifs is 5. The van der Waals surface area contributed by atoms with E-state index in [1.807, 2.05) is 36.4 Å². The normalized spacial score (nSPS) is 12.9. The third kappa shape index (κ3) is 4.94. The molecule has 0 spiro atoms. The Balaban J connectivity index is 1.14. The zero-order valence-electron chi connectivity index (χ0n) is 27.4. The third-order valence-electron chi connectivity index (χ3n) is 9.96. The number of hydrogen-bond acceptors (Lipinski definition) is 3. The zero-order chi connectivity index (χ0) is 33.0. The maximum atomic E-state index is 5.02. The highest BCUT2D eigenvalue weighted by Gasteiger charge is 2.36. The molecule has 49 heavy (non-hydrogen) atoms. The summed E-state index contributed by atoms with van der Waals surface area (Å²) in [5, 5.41) is 2.55. The van der Waals surface area contributed by atoms with E-state index in [1.165, 1.54) is 49.7 Å². The molecular weight excluding hydrogens is 595 g/mol. The molecule has 0 amide bonds. The van der Waals surface area contributed by atoms with Gasteiger partial charge in [-0.2, -0.15) is 0 Å². The van der Waals surface area contributed by atoms with Gasteiger partial charge in [0.1, 0.15) is 0 Å². The first-order chi connectivity index (χ1) is 24.0. The number of hydrogen-bond donors (Lipinski definition) is 0. The van der Waals surface area contributed by atoms with E-state index in [0.717, 1.165) is 22.3 Å². The quantitative estimate of drug-likeness (QED) is 0.191. The smallest absolute Gasteiger partial charge is 0.164 e. The summed E-state index contributed by atoms with van der Waals surface area (Å²) in [5.41, 5.74) is 13.0. The monoisotopic (exact) mass is 627 g/mol. The van der Waals surface area contributed by atoms with Crippen molar-refractivity contribution in [2.75, 3.05) is 0 Å². The highest BCUT2D eigenvalue weighted by molar-refractivity contribution is 6.09. The van der Waals surface area contributed by atoms with Crippen LogP contribution >= 0.6 is 0 Å². The van der Waals surface area contributed by atoms with Crippen LogP contribution < -0.4 is 0 Å². The van der Waals surface area contributed by atoms with Gasteiger partial charge in [0, 0.05) is 22.1 Å². The minimum atomic E-state index is -0.0843. The van der Waals surface area contributed by atoms with Gasteiger partial charge in [-0.1, -0.05) is 172 Å². The molecule has 0 atom stereocenters. The van der Waals surface area contributed by atoms with Crippen LogP contribution in [-0.4, -0.2) is 15.0 Å². The van der Waals surface area contributed by atoms with Crippen molar-refractivity contribution in [1.82, 2.24) is 15.0 Å². The van der Waals surface area contributed by atoms with Gasteiger partial charge in [0.25, 0.3) is 0 Å². The average molecular weight is 628 g/mol. The van der Waals surface area contributed by atoms with Crippen molar-refractivity contribution in [3.05, 3.63) is 175 Å². The second-order valence-electron chi connectivity index (χ2n) is 13.3. The summed E-state index contributed by atoms with van der Waals surface area (Å²) in [6, 6.07) is 57.8. The predicted octanol–water partition coefficient (Wildman–Crippen LogP) is 11.7. The Labute approximate surface area is 286 Å². The van der Waals surface area contributed by atoms with Crippen molar-refractivity contribution < 1.29 is 0 Å². The molecule has 0 bridgehead atoms. The fourth-order valence-electron chi connectivity index (χ4n) is 7.38. The van der Waals surface area contributed by atoms with E-state index in [9.17, 15) is 0 Å². The van der Waals surface area contributed by atoms with E-state index in [4.69, 9.17) is 15.0 Å². The Kier molecular flexibility index (Phi) is 6.80. The van der Waals surface area contributed by atoms with Crippen LogP contribution in [0.25, 0.3) is 78.3 Å². The number of nitrogens with zero attached hydrogens (tertiary/aromatic N) is 3. The molecule has 232 valence electrons. The lowest BCUT2D eigenvalue weighted by atomic mass is 9.80. The summed E-state index contributed by atoms with van der Waals surface area (Å²) in [7, 11) is 0. The van der Waals surface area contributed by atoms with Gasteiger partial charge < -0.3 is 0 Å². The summed E-state index contributed by atoms with van der Waals surface area (Å²) >= 11 is 0. The van der Waals surface area contributed by atoms with Crippen molar-refractivity contribution in [3.63, 3.8) is 0 Å². The number of rotatable bonds is 5. The van der Waals surface area contributed by atoms with Crippen LogP contribution in [-0.2, 0) is 5.41 Å². The van der Waals surface area contributed by atoms with Crippen molar-refractivity contribution in [1.29, 1.82) is 0 Å². The maximum Gasteiger partial charge on any atom is 0.164 e. The second kappa shape index (κ2) is 11.5. The van der Waals surface area contributed by atoms with Crippen LogP contribution in [0, 0.1) is 0 Å². The van der Waals surface area contributed by atoms with Gasteiger partial charge in [-0.3, -0.25) is 0 Å². The Morgan fingerprint density at radius 2 is 0.776 bits per heavy atom. The van der Waals surface area contributed by atoms with E-state index in [2.05, 4.69) is 141 Å². The van der Waals surface area contributed by atoms with Crippen LogP contribution in [0.1, 0.15) is 25.0 Å². The van der Waals surface area contributed by atoms with Gasteiger partial charge >= 0.3 is 0 Å². The molecule has 9 rings (SSSR count). The van der Waals surface area contributed by atoms with E-state index < -0.39 is 0 Å². The van der Waals surface area contributed by atoms with Crippen LogP contribution in [0.4, 0.5) is 0 Å². The lowest BCUT2D eigenvalue weighted by Crippen LogP contribution is -2.15. The Bertz CT molecular complexity index is 2480. The Morgan fingerprint density at radius 3 is 1.39 bits per heavy atom. The number of benzene rings is 7. The van der Waals surface area contributed by atoms with Crippen LogP contribution in [0.3, 0.4) is 0 Å². The minimum Gasteiger partial charge on any atom is -0.208 e. The lowest BCUT2D eigenvalue weighted by Gasteiger charge is -2.23. The van der Waals surface area contributed by atoms with Gasteiger partial charge in [0.05, 0.1) is 0 Å². The van der Waals surface area contributed by atoms with Crippen molar-refractivity contribution in [2.45, 2.75) is 19.3 Å². The Hall–Kier alpha value is -6.19. The van der Waals surface area contributed by atoms with E-state index in [0.29, 0.717) is 17.5 Å². The van der Waals surface area contributed by atoms with Crippen molar-refractivity contribution in [3.8, 4) is 67.5 Å². The van der Waals surface area contributed by atoms with Crippen molar-refractivity contribution >= 4 is 10.8 Å². The molecule has 8 aromatic rings. The maximum absolute atomic E-state index is 5.02. The molecule has 1 aliphatic rings. The van der Waals surface area contributed by atoms with Gasteiger partial charge in [-0.05, 0) is 61.3 Å². The zero-order valence-corrected chi connectivity index (χ0v) is 27.4. The average Bonchev–Trinajstić information content (AvgIpc) is 3.41. The van der Waals surface area contributed by atoms with Crippen LogP contribution in [0.2, 0.25) is 0 Å². The molecule has 0 radical (unpaired) electrons. The molecule has 0 aliphatic heterocycles. The van der Waals surface area contributed by atoms with Gasteiger partial charge in [0.15, 0.2) is 17.5 Å². The second-order valence-corrected chi connectivity index (χ2v) is 13.3. The molecule has 0 N–H and O–H groups in total. The first-order valence-corrected chi connectivity index (χ1v) is 16.8. The molecule has 1 aromatic heterocycles. The fraction of sp³-hybridized carbons (Fsp3) is 0.0652. The molecule has 0 unspecified atom stereocenters. The van der Waals surface area contributed by atoms with Gasteiger partial charge in [-0.25, -0.2) is 15.0 Å². The van der Waals surface area contributed by atoms with Crippen LogP contribution in [0.15, 0.2) is 164 Å². The summed E-state index contributed by atoms with van der Waals surface area (Å²) in [5.74, 6) is 1.96. The molecule has 0 fully saturated rings. The first-order valence-electron chi connectivity index (χ1n) is 16.8. The van der Waals surface area contributed by atoms with E-state index in [-0.39, 0.29) is 5.41 Å². The highest BCUT2D eigenvalue weighted by Crippen LogP contribution is 2.53. The standard InChI is InChI=1S/C46H33N3/c1-46(2)40-20-12-11-19-38(40)42-37-18-10-9-17-36(37)39(29-41(42)46)32-23-27-35(28-24-32)45-48-43(33-15-7-4-8-16-33)47-44(49-45)34-25-21-31(22-26-34)30-13-5-3-6-14-30/h3-29H,1-2H3.